The highest BCUT2D eigenvalue weighted by Crippen LogP contribution is 2.23. The largest absolute Gasteiger partial charge is 0.338 e. The van der Waals surface area contributed by atoms with Crippen LogP contribution in [0.1, 0.15) is 42.0 Å². The van der Waals surface area contributed by atoms with Crippen molar-refractivity contribution < 1.29 is 13.7 Å². The molecule has 3 heterocycles. The van der Waals surface area contributed by atoms with Gasteiger partial charge in [0, 0.05) is 29.7 Å². The topological polar surface area (TPSA) is 116 Å². The summed E-state index contributed by atoms with van der Waals surface area (Å²) in [5.74, 6) is -0.899. The van der Waals surface area contributed by atoms with Gasteiger partial charge in [0.1, 0.15) is 17.5 Å². The van der Waals surface area contributed by atoms with Crippen LogP contribution in [-0.2, 0) is 0 Å². The molecule has 0 fully saturated rings. The number of pyridine rings is 1. The van der Waals surface area contributed by atoms with E-state index in [2.05, 4.69) is 25.5 Å². The molecule has 0 spiro atoms. The van der Waals surface area contributed by atoms with E-state index >= 15 is 0 Å². The first-order valence-electron chi connectivity index (χ1n) is 10.3. The molecule has 0 radical (unpaired) electrons. The quantitative estimate of drug-likeness (QED) is 0.481. The highest BCUT2D eigenvalue weighted by Gasteiger charge is 2.27. The van der Waals surface area contributed by atoms with Gasteiger partial charge in [-0.2, -0.15) is 10.1 Å². The zero-order valence-corrected chi connectivity index (χ0v) is 18.2. The average molecular weight is 448 g/mol. The number of halogens is 1. The Morgan fingerprint density at radius 3 is 2.67 bits per heavy atom. The van der Waals surface area contributed by atoms with Crippen LogP contribution in [0.2, 0.25) is 0 Å². The summed E-state index contributed by atoms with van der Waals surface area (Å²) in [4.78, 5) is 34.0. The number of rotatable bonds is 6. The van der Waals surface area contributed by atoms with Gasteiger partial charge in [0.15, 0.2) is 5.69 Å². The predicted octanol–water partition coefficient (Wildman–Crippen LogP) is 3.25. The molecule has 0 bridgehead atoms. The van der Waals surface area contributed by atoms with E-state index in [1.807, 2.05) is 13.8 Å². The monoisotopic (exact) mass is 448 g/mol. The van der Waals surface area contributed by atoms with E-state index in [4.69, 9.17) is 4.52 Å². The molecule has 4 aromatic rings. The summed E-state index contributed by atoms with van der Waals surface area (Å²) >= 11 is 0. The van der Waals surface area contributed by atoms with Crippen LogP contribution in [0.25, 0.3) is 17.1 Å². The molecule has 1 N–H and O–H groups in total. The highest BCUT2D eigenvalue weighted by atomic mass is 19.1. The Labute approximate surface area is 188 Å². The Morgan fingerprint density at radius 2 is 1.97 bits per heavy atom. The number of amides is 1. The number of para-hydroxylation sites is 1. The summed E-state index contributed by atoms with van der Waals surface area (Å²) in [6.45, 7) is 5.33. The molecule has 0 saturated heterocycles. The van der Waals surface area contributed by atoms with Crippen LogP contribution in [0.15, 0.2) is 64.2 Å². The fraction of sp³-hybridized carbons (Fsp3) is 0.217. The molecule has 1 amide bonds. The first kappa shape index (κ1) is 22.0. The van der Waals surface area contributed by atoms with Crippen molar-refractivity contribution in [1.82, 2.24) is 30.2 Å². The lowest BCUT2D eigenvalue weighted by atomic mass is 10.0. The molecule has 0 aliphatic rings. The van der Waals surface area contributed by atoms with Crippen LogP contribution in [0.4, 0.5) is 4.39 Å². The van der Waals surface area contributed by atoms with E-state index in [1.165, 1.54) is 22.9 Å². The molecule has 3 aromatic heterocycles. The lowest BCUT2D eigenvalue weighted by molar-refractivity contribution is 0.0905. The molecule has 33 heavy (non-hydrogen) atoms. The van der Waals surface area contributed by atoms with Crippen molar-refractivity contribution in [2.75, 3.05) is 0 Å². The van der Waals surface area contributed by atoms with Crippen LogP contribution in [0, 0.1) is 18.7 Å². The molecule has 0 aliphatic heterocycles. The van der Waals surface area contributed by atoms with Crippen molar-refractivity contribution in [1.29, 1.82) is 0 Å². The zero-order valence-electron chi connectivity index (χ0n) is 18.2. The maximum atomic E-state index is 14.3. The fourth-order valence-electron chi connectivity index (χ4n) is 3.27. The Morgan fingerprint density at radius 1 is 1.18 bits per heavy atom. The van der Waals surface area contributed by atoms with Gasteiger partial charge in [-0.25, -0.2) is 9.07 Å². The summed E-state index contributed by atoms with van der Waals surface area (Å²) in [5, 5.41) is 10.8. The minimum Gasteiger partial charge on any atom is -0.338 e. The molecular weight excluding hydrogens is 427 g/mol. The standard InChI is InChI=1S/C23H21FN6O3/c1-13(2)19(23-27-21(29-33-23)15-7-6-10-25-12-15)26-22(32)20-18(31)11-14(3)30(28-20)17-9-5-4-8-16(17)24/h4-13,19H,1-3H3,(H,26,32). The smallest absolute Gasteiger partial charge is 0.276 e. The number of aromatic nitrogens is 5. The molecular formula is C23H21FN6O3. The Bertz CT molecular complexity index is 1350. The van der Waals surface area contributed by atoms with Crippen molar-refractivity contribution >= 4 is 5.91 Å². The number of nitrogens with one attached hydrogen (secondary N) is 1. The second-order valence-electron chi connectivity index (χ2n) is 7.75. The lowest BCUT2D eigenvalue weighted by Gasteiger charge is -2.18. The third-order valence-electron chi connectivity index (χ3n) is 4.98. The number of carbonyl (C=O) groups is 1. The maximum Gasteiger partial charge on any atom is 0.276 e. The SMILES string of the molecule is Cc1cc(=O)c(C(=O)NC(c2nc(-c3cccnc3)no2)C(C)C)nn1-c1ccccc1F. The predicted molar refractivity (Wildman–Crippen MR) is 117 cm³/mol. The van der Waals surface area contributed by atoms with E-state index in [1.54, 1.807) is 43.6 Å². The van der Waals surface area contributed by atoms with E-state index < -0.39 is 23.2 Å². The number of nitrogens with zero attached hydrogens (tertiary/aromatic N) is 5. The molecule has 1 aromatic carbocycles. The second kappa shape index (κ2) is 9.11. The number of hydrogen-bond donors (Lipinski definition) is 1. The Balaban J connectivity index is 1.65. The molecule has 168 valence electrons. The van der Waals surface area contributed by atoms with Gasteiger partial charge in [-0.3, -0.25) is 14.6 Å². The minimum atomic E-state index is -0.732. The molecule has 0 aliphatic carbocycles. The average Bonchev–Trinajstić information content (AvgIpc) is 3.28. The summed E-state index contributed by atoms with van der Waals surface area (Å²) in [7, 11) is 0. The van der Waals surface area contributed by atoms with Crippen molar-refractivity contribution in [2.24, 2.45) is 5.92 Å². The first-order valence-corrected chi connectivity index (χ1v) is 10.3. The van der Waals surface area contributed by atoms with Crippen LogP contribution in [0.3, 0.4) is 0 Å². The number of benzene rings is 1. The highest BCUT2D eigenvalue weighted by molar-refractivity contribution is 5.92. The van der Waals surface area contributed by atoms with Crippen molar-refractivity contribution in [2.45, 2.75) is 26.8 Å². The third kappa shape index (κ3) is 4.54. The van der Waals surface area contributed by atoms with E-state index in [9.17, 15) is 14.0 Å². The van der Waals surface area contributed by atoms with Gasteiger partial charge in [-0.15, -0.1) is 0 Å². The summed E-state index contributed by atoms with van der Waals surface area (Å²) in [6, 6.07) is 10.1. The fourth-order valence-corrected chi connectivity index (χ4v) is 3.27. The summed E-state index contributed by atoms with van der Waals surface area (Å²) < 4.78 is 20.9. The van der Waals surface area contributed by atoms with Crippen molar-refractivity contribution in [3.8, 4) is 17.1 Å². The maximum absolute atomic E-state index is 14.3. The lowest BCUT2D eigenvalue weighted by Crippen LogP contribution is -2.36. The van der Waals surface area contributed by atoms with Gasteiger partial charge in [0.25, 0.3) is 5.91 Å². The van der Waals surface area contributed by atoms with Crippen LogP contribution in [0.5, 0.6) is 0 Å². The van der Waals surface area contributed by atoms with Gasteiger partial charge < -0.3 is 9.84 Å². The van der Waals surface area contributed by atoms with Crippen LogP contribution in [-0.4, -0.2) is 30.8 Å². The van der Waals surface area contributed by atoms with Crippen LogP contribution >= 0.6 is 0 Å². The van der Waals surface area contributed by atoms with Gasteiger partial charge in [0.2, 0.25) is 17.1 Å². The molecule has 9 nitrogen and oxygen atoms in total. The van der Waals surface area contributed by atoms with Gasteiger partial charge in [-0.1, -0.05) is 31.1 Å². The van der Waals surface area contributed by atoms with Gasteiger partial charge >= 0.3 is 0 Å². The number of hydrogen-bond acceptors (Lipinski definition) is 7. The molecule has 0 saturated carbocycles. The van der Waals surface area contributed by atoms with E-state index in [0.717, 1.165) is 0 Å². The molecule has 4 rings (SSSR count). The molecule has 1 atom stereocenters. The first-order chi connectivity index (χ1) is 15.8. The van der Waals surface area contributed by atoms with Crippen LogP contribution < -0.4 is 10.7 Å². The normalized spacial score (nSPS) is 12.0. The van der Waals surface area contributed by atoms with Crippen molar-refractivity contribution in [3.05, 3.63) is 88.2 Å². The number of aryl methyl sites for hydroxylation is 1. The second-order valence-corrected chi connectivity index (χ2v) is 7.75. The molecule has 1 unspecified atom stereocenters. The van der Waals surface area contributed by atoms with Gasteiger partial charge in [0.05, 0.1) is 0 Å². The number of carbonyl (C=O) groups excluding carboxylic acids is 1. The molecule has 10 heteroatoms. The van der Waals surface area contributed by atoms with E-state index in [0.29, 0.717) is 17.1 Å². The zero-order chi connectivity index (χ0) is 23.5. The van der Waals surface area contributed by atoms with Crippen molar-refractivity contribution in [3.63, 3.8) is 0 Å². The minimum absolute atomic E-state index is 0.127. The Hall–Kier alpha value is -4.21. The third-order valence-corrected chi connectivity index (χ3v) is 4.98. The van der Waals surface area contributed by atoms with E-state index in [-0.39, 0.29) is 23.2 Å². The summed E-state index contributed by atoms with van der Waals surface area (Å²) in [6.07, 6.45) is 3.23. The summed E-state index contributed by atoms with van der Waals surface area (Å²) in [5.41, 5.74) is 0.222. The van der Waals surface area contributed by atoms with Gasteiger partial charge in [-0.05, 0) is 37.1 Å². The Kier molecular flexibility index (Phi) is 6.07.